The summed E-state index contributed by atoms with van der Waals surface area (Å²) in [5.41, 5.74) is 1.22. The van der Waals surface area contributed by atoms with Crippen molar-refractivity contribution in [2.24, 2.45) is 0 Å². The van der Waals surface area contributed by atoms with Crippen molar-refractivity contribution >= 4 is 23.2 Å². The van der Waals surface area contributed by atoms with E-state index in [1.807, 2.05) is 31.2 Å². The highest BCUT2D eigenvalue weighted by atomic mass is 35.5. The summed E-state index contributed by atoms with van der Waals surface area (Å²) in [5, 5.41) is 3.45. The first-order valence-corrected chi connectivity index (χ1v) is 6.87. The molecule has 104 valence electrons. The lowest BCUT2D eigenvalue weighted by Gasteiger charge is -2.11. The largest absolute Gasteiger partial charge is 0.491 e. The lowest BCUT2D eigenvalue weighted by atomic mass is 10.2. The standard InChI is InChI=1S/C16H16ClNO2/c1-2-11-20-15-6-4-3-5-14(15)18-16(19)12-7-9-13(17)10-8-12/h3-10H,2,11H2,1H3,(H,18,19). The summed E-state index contributed by atoms with van der Waals surface area (Å²) in [4.78, 5) is 12.1. The molecule has 0 aliphatic rings. The first-order chi connectivity index (χ1) is 9.70. The molecule has 1 N–H and O–H groups in total. The van der Waals surface area contributed by atoms with Gasteiger partial charge in [0.05, 0.1) is 12.3 Å². The summed E-state index contributed by atoms with van der Waals surface area (Å²) in [5.74, 6) is 0.492. The van der Waals surface area contributed by atoms with Crippen molar-refractivity contribution in [3.63, 3.8) is 0 Å². The highest BCUT2D eigenvalue weighted by Crippen LogP contribution is 2.24. The molecule has 0 aliphatic heterocycles. The third-order valence-corrected chi connectivity index (χ3v) is 2.96. The number of benzene rings is 2. The number of hydrogen-bond donors (Lipinski definition) is 1. The molecular formula is C16H16ClNO2. The normalized spacial score (nSPS) is 10.1. The fourth-order valence-electron chi connectivity index (χ4n) is 1.70. The molecule has 0 atom stereocenters. The lowest BCUT2D eigenvalue weighted by Crippen LogP contribution is -2.12. The molecule has 2 rings (SSSR count). The Morgan fingerprint density at radius 3 is 2.55 bits per heavy atom. The molecule has 4 heteroatoms. The van der Waals surface area contributed by atoms with Crippen LogP contribution < -0.4 is 10.1 Å². The molecule has 1 amide bonds. The molecule has 0 aromatic heterocycles. The van der Waals surface area contributed by atoms with Crippen molar-refractivity contribution < 1.29 is 9.53 Å². The number of nitrogens with one attached hydrogen (secondary N) is 1. The molecule has 3 nitrogen and oxygen atoms in total. The summed E-state index contributed by atoms with van der Waals surface area (Å²) in [7, 11) is 0. The molecule has 0 bridgehead atoms. The van der Waals surface area contributed by atoms with E-state index < -0.39 is 0 Å². The van der Waals surface area contributed by atoms with Crippen LogP contribution in [0.15, 0.2) is 48.5 Å². The fourth-order valence-corrected chi connectivity index (χ4v) is 1.83. The zero-order valence-electron chi connectivity index (χ0n) is 11.2. The SMILES string of the molecule is CCCOc1ccccc1NC(=O)c1ccc(Cl)cc1. The summed E-state index contributed by atoms with van der Waals surface area (Å²) in [6.45, 7) is 2.66. The second-order valence-corrected chi connectivity index (χ2v) is 4.74. The number of amides is 1. The molecule has 0 fully saturated rings. The number of carbonyl (C=O) groups excluding carboxylic acids is 1. The van der Waals surface area contributed by atoms with Gasteiger partial charge in [-0.3, -0.25) is 4.79 Å². The maximum Gasteiger partial charge on any atom is 0.255 e. The van der Waals surface area contributed by atoms with Crippen LogP contribution in [0.1, 0.15) is 23.7 Å². The maximum atomic E-state index is 12.1. The van der Waals surface area contributed by atoms with Crippen LogP contribution in [0.4, 0.5) is 5.69 Å². The van der Waals surface area contributed by atoms with E-state index in [0.29, 0.717) is 28.6 Å². The Bertz CT molecular complexity index is 581. The third kappa shape index (κ3) is 3.75. The van der Waals surface area contributed by atoms with Gasteiger partial charge < -0.3 is 10.1 Å². The summed E-state index contributed by atoms with van der Waals surface area (Å²) in [6.07, 6.45) is 0.916. The Balaban J connectivity index is 2.13. The smallest absolute Gasteiger partial charge is 0.255 e. The molecule has 2 aromatic rings. The van der Waals surface area contributed by atoms with Crippen molar-refractivity contribution in [2.75, 3.05) is 11.9 Å². The fraction of sp³-hybridized carbons (Fsp3) is 0.188. The van der Waals surface area contributed by atoms with Crippen LogP contribution in [0.3, 0.4) is 0 Å². The van der Waals surface area contributed by atoms with Crippen LogP contribution in [0.25, 0.3) is 0 Å². The van der Waals surface area contributed by atoms with E-state index in [0.717, 1.165) is 6.42 Å². The molecule has 2 aromatic carbocycles. The molecule has 0 spiro atoms. The van der Waals surface area contributed by atoms with Crippen LogP contribution in [0.2, 0.25) is 5.02 Å². The molecule has 20 heavy (non-hydrogen) atoms. The van der Waals surface area contributed by atoms with E-state index in [2.05, 4.69) is 5.32 Å². The summed E-state index contributed by atoms with van der Waals surface area (Å²) < 4.78 is 5.61. The number of anilines is 1. The summed E-state index contributed by atoms with van der Waals surface area (Å²) >= 11 is 5.81. The highest BCUT2D eigenvalue weighted by molar-refractivity contribution is 6.30. The minimum Gasteiger partial charge on any atom is -0.491 e. The van der Waals surface area contributed by atoms with Crippen molar-refractivity contribution in [2.45, 2.75) is 13.3 Å². The molecule has 0 saturated carbocycles. The number of para-hydroxylation sites is 2. The first-order valence-electron chi connectivity index (χ1n) is 6.49. The number of hydrogen-bond acceptors (Lipinski definition) is 2. The molecule has 0 saturated heterocycles. The minimum absolute atomic E-state index is 0.186. The van der Waals surface area contributed by atoms with Crippen molar-refractivity contribution in [3.8, 4) is 5.75 Å². The van der Waals surface area contributed by atoms with Gasteiger partial charge in [0.2, 0.25) is 0 Å². The second kappa shape index (κ2) is 6.96. The van der Waals surface area contributed by atoms with Gasteiger partial charge in [0, 0.05) is 10.6 Å². The third-order valence-electron chi connectivity index (χ3n) is 2.70. The predicted molar refractivity (Wildman–Crippen MR) is 81.6 cm³/mol. The number of carbonyl (C=O) groups is 1. The van der Waals surface area contributed by atoms with E-state index in [4.69, 9.17) is 16.3 Å². The monoisotopic (exact) mass is 289 g/mol. The zero-order valence-corrected chi connectivity index (χ0v) is 12.0. The van der Waals surface area contributed by atoms with Gasteiger partial charge in [0.15, 0.2) is 0 Å². The average molecular weight is 290 g/mol. The van der Waals surface area contributed by atoms with Gasteiger partial charge in [0.25, 0.3) is 5.91 Å². The van der Waals surface area contributed by atoms with Crippen molar-refractivity contribution in [1.29, 1.82) is 0 Å². The molecule has 0 aliphatic carbocycles. The van der Waals surface area contributed by atoms with Gasteiger partial charge >= 0.3 is 0 Å². The molecular weight excluding hydrogens is 274 g/mol. The predicted octanol–water partition coefficient (Wildman–Crippen LogP) is 4.38. The van der Waals surface area contributed by atoms with Crippen LogP contribution >= 0.6 is 11.6 Å². The molecule has 0 unspecified atom stereocenters. The lowest BCUT2D eigenvalue weighted by molar-refractivity contribution is 0.102. The van der Waals surface area contributed by atoms with Crippen molar-refractivity contribution in [1.82, 2.24) is 0 Å². The first kappa shape index (κ1) is 14.4. The van der Waals surface area contributed by atoms with Crippen LogP contribution in [-0.2, 0) is 0 Å². The van der Waals surface area contributed by atoms with Crippen LogP contribution in [-0.4, -0.2) is 12.5 Å². The van der Waals surface area contributed by atoms with Crippen molar-refractivity contribution in [3.05, 3.63) is 59.1 Å². The highest BCUT2D eigenvalue weighted by Gasteiger charge is 2.09. The van der Waals surface area contributed by atoms with E-state index in [1.165, 1.54) is 0 Å². The van der Waals surface area contributed by atoms with Gasteiger partial charge in [-0.05, 0) is 42.8 Å². The van der Waals surface area contributed by atoms with Gasteiger partial charge in [-0.2, -0.15) is 0 Å². The number of halogens is 1. The van der Waals surface area contributed by atoms with Gasteiger partial charge in [-0.25, -0.2) is 0 Å². The number of ether oxygens (including phenoxy) is 1. The van der Waals surface area contributed by atoms with E-state index >= 15 is 0 Å². The van der Waals surface area contributed by atoms with Crippen LogP contribution in [0.5, 0.6) is 5.75 Å². The Kier molecular flexibility index (Phi) is 5.02. The van der Waals surface area contributed by atoms with E-state index in [1.54, 1.807) is 24.3 Å². The van der Waals surface area contributed by atoms with Gasteiger partial charge in [-0.1, -0.05) is 30.7 Å². The zero-order chi connectivity index (χ0) is 14.4. The average Bonchev–Trinajstić information content (AvgIpc) is 2.47. The molecule has 0 heterocycles. The van der Waals surface area contributed by atoms with Gasteiger partial charge in [-0.15, -0.1) is 0 Å². The topological polar surface area (TPSA) is 38.3 Å². The van der Waals surface area contributed by atoms with Crippen LogP contribution in [0, 0.1) is 0 Å². The summed E-state index contributed by atoms with van der Waals surface area (Å²) in [6, 6.07) is 14.2. The second-order valence-electron chi connectivity index (χ2n) is 4.31. The molecule has 0 radical (unpaired) electrons. The van der Waals surface area contributed by atoms with E-state index in [-0.39, 0.29) is 5.91 Å². The Hall–Kier alpha value is -2.00. The number of rotatable bonds is 5. The van der Waals surface area contributed by atoms with Gasteiger partial charge in [0.1, 0.15) is 5.75 Å². The van der Waals surface area contributed by atoms with E-state index in [9.17, 15) is 4.79 Å². The Morgan fingerprint density at radius 2 is 1.85 bits per heavy atom. The maximum absolute atomic E-state index is 12.1. The quantitative estimate of drug-likeness (QED) is 0.887. The Labute approximate surface area is 123 Å². The Morgan fingerprint density at radius 1 is 1.15 bits per heavy atom. The minimum atomic E-state index is -0.186.